The third-order valence-electron chi connectivity index (χ3n) is 5.84. The van der Waals surface area contributed by atoms with E-state index in [2.05, 4.69) is 9.97 Å². The quantitative estimate of drug-likeness (QED) is 0.305. The molecule has 0 aliphatic rings. The van der Waals surface area contributed by atoms with E-state index in [4.69, 9.17) is 0 Å². The molecule has 0 saturated heterocycles. The van der Waals surface area contributed by atoms with Crippen molar-refractivity contribution < 1.29 is 18.3 Å². The fourth-order valence-corrected chi connectivity index (χ4v) is 4.15. The van der Waals surface area contributed by atoms with Crippen LogP contribution in [0.5, 0.6) is 0 Å². The van der Waals surface area contributed by atoms with Crippen molar-refractivity contribution in [3.05, 3.63) is 96.4 Å². The molecular formula is C27H22F3N3O. The first-order valence-electron chi connectivity index (χ1n) is 10.8. The number of H-pyrrole nitrogens is 1. The fourth-order valence-electron chi connectivity index (χ4n) is 4.15. The molecule has 2 heterocycles. The molecule has 172 valence electrons. The van der Waals surface area contributed by atoms with Crippen LogP contribution in [0.3, 0.4) is 0 Å². The normalized spacial score (nSPS) is 12.4. The number of nitrogens with zero attached hydrogens (tertiary/aromatic N) is 2. The van der Waals surface area contributed by atoms with Gasteiger partial charge in [0.25, 0.3) is 0 Å². The minimum absolute atomic E-state index is 0.0522. The van der Waals surface area contributed by atoms with Crippen molar-refractivity contribution in [2.75, 3.05) is 0 Å². The molecule has 0 aliphatic carbocycles. The van der Waals surface area contributed by atoms with Crippen molar-refractivity contribution >= 4 is 10.9 Å². The van der Waals surface area contributed by atoms with Crippen molar-refractivity contribution in [2.45, 2.75) is 25.6 Å². The van der Waals surface area contributed by atoms with Crippen molar-refractivity contribution in [3.63, 3.8) is 0 Å². The summed E-state index contributed by atoms with van der Waals surface area (Å²) in [5, 5.41) is 11.6. The third-order valence-corrected chi connectivity index (χ3v) is 5.84. The number of nitrogens with one attached hydrogen (secondary N) is 1. The average Bonchev–Trinajstić information content (AvgIpc) is 3.46. The maximum Gasteiger partial charge on any atom is 0.417 e. The Balaban J connectivity index is 1.73. The number of aromatic amines is 1. The van der Waals surface area contributed by atoms with E-state index in [1.54, 1.807) is 30.7 Å². The van der Waals surface area contributed by atoms with E-state index < -0.39 is 17.3 Å². The molecule has 0 spiro atoms. The standard InChI is InChI=1S/C27H22F3N3O/c1-26(2,34)24-16-33(25(32-24)21-9-3-4-11-22(21)27(28,29)30)18-8-5-7-17(15-18)19-10-6-12-23-20(19)13-14-31-23/h3-16,31,34H,1-2H3. The first-order valence-corrected chi connectivity index (χ1v) is 10.8. The zero-order valence-electron chi connectivity index (χ0n) is 18.6. The van der Waals surface area contributed by atoms with Crippen LogP contribution in [0, 0.1) is 0 Å². The van der Waals surface area contributed by atoms with Crippen LogP contribution in [0.15, 0.2) is 85.2 Å². The van der Waals surface area contributed by atoms with Crippen LogP contribution in [-0.4, -0.2) is 19.6 Å². The zero-order valence-corrected chi connectivity index (χ0v) is 18.6. The van der Waals surface area contributed by atoms with Crippen LogP contribution in [0.2, 0.25) is 0 Å². The summed E-state index contributed by atoms with van der Waals surface area (Å²) in [7, 11) is 0. The molecule has 7 heteroatoms. The topological polar surface area (TPSA) is 53.8 Å². The number of imidazole rings is 1. The van der Waals surface area contributed by atoms with Crippen LogP contribution in [0.4, 0.5) is 13.2 Å². The van der Waals surface area contributed by atoms with Crippen molar-refractivity contribution in [1.82, 2.24) is 14.5 Å². The first-order chi connectivity index (χ1) is 16.1. The number of aromatic nitrogens is 3. The number of rotatable bonds is 4. The molecule has 0 atom stereocenters. The predicted octanol–water partition coefficient (Wildman–Crippen LogP) is 6.93. The van der Waals surface area contributed by atoms with Gasteiger partial charge >= 0.3 is 6.18 Å². The van der Waals surface area contributed by atoms with E-state index in [9.17, 15) is 18.3 Å². The summed E-state index contributed by atoms with van der Waals surface area (Å²) in [6.07, 6.45) is -1.08. The fraction of sp³-hybridized carbons (Fsp3) is 0.148. The Morgan fingerprint density at radius 1 is 0.882 bits per heavy atom. The number of hydrogen-bond acceptors (Lipinski definition) is 2. The summed E-state index contributed by atoms with van der Waals surface area (Å²) in [6, 6.07) is 20.8. The van der Waals surface area contributed by atoms with Crippen LogP contribution in [0.25, 0.3) is 39.1 Å². The maximum atomic E-state index is 13.8. The molecule has 0 aliphatic heterocycles. The molecular weight excluding hydrogens is 439 g/mol. The molecule has 0 amide bonds. The number of fused-ring (bicyclic) bond motifs is 1. The first kappa shape index (κ1) is 22.0. The van der Waals surface area contributed by atoms with E-state index in [1.807, 2.05) is 54.7 Å². The van der Waals surface area contributed by atoms with Gasteiger partial charge in [0.05, 0.1) is 11.3 Å². The lowest BCUT2D eigenvalue weighted by molar-refractivity contribution is -0.137. The molecule has 34 heavy (non-hydrogen) atoms. The van der Waals surface area contributed by atoms with Gasteiger partial charge in [-0.3, -0.25) is 4.57 Å². The van der Waals surface area contributed by atoms with Gasteiger partial charge in [-0.25, -0.2) is 4.98 Å². The van der Waals surface area contributed by atoms with Gasteiger partial charge < -0.3 is 10.1 Å². The minimum Gasteiger partial charge on any atom is -0.384 e. The average molecular weight is 461 g/mol. The van der Waals surface area contributed by atoms with Gasteiger partial charge in [-0.05, 0) is 55.3 Å². The number of halogens is 3. The molecule has 0 bridgehead atoms. The second kappa shape index (κ2) is 7.88. The lowest BCUT2D eigenvalue weighted by atomic mass is 10.0. The molecule has 0 saturated carbocycles. The Bertz CT molecular complexity index is 1490. The summed E-state index contributed by atoms with van der Waals surface area (Å²) in [6.45, 7) is 3.12. The van der Waals surface area contributed by atoms with E-state index in [-0.39, 0.29) is 17.1 Å². The molecule has 0 fully saturated rings. The Labute approximate surface area is 194 Å². The second-order valence-electron chi connectivity index (χ2n) is 8.72. The summed E-state index contributed by atoms with van der Waals surface area (Å²) < 4.78 is 43.1. The highest BCUT2D eigenvalue weighted by atomic mass is 19.4. The lowest BCUT2D eigenvalue weighted by Gasteiger charge is -2.15. The van der Waals surface area contributed by atoms with E-state index >= 15 is 0 Å². The van der Waals surface area contributed by atoms with Gasteiger partial charge in [0.15, 0.2) is 0 Å². The van der Waals surface area contributed by atoms with Crippen LogP contribution in [-0.2, 0) is 11.8 Å². The molecule has 5 rings (SSSR count). The number of aliphatic hydroxyl groups is 1. The Kier molecular flexibility index (Phi) is 5.10. The number of hydrogen-bond donors (Lipinski definition) is 2. The molecule has 2 aromatic heterocycles. The third kappa shape index (κ3) is 3.88. The summed E-state index contributed by atoms with van der Waals surface area (Å²) in [5.41, 5.74) is 1.66. The monoisotopic (exact) mass is 461 g/mol. The molecule has 0 radical (unpaired) electrons. The highest BCUT2D eigenvalue weighted by Gasteiger charge is 2.35. The maximum absolute atomic E-state index is 13.8. The summed E-state index contributed by atoms with van der Waals surface area (Å²) in [4.78, 5) is 7.65. The van der Waals surface area contributed by atoms with Gasteiger partial charge in [-0.15, -0.1) is 0 Å². The largest absolute Gasteiger partial charge is 0.417 e. The Morgan fingerprint density at radius 2 is 1.62 bits per heavy atom. The predicted molar refractivity (Wildman–Crippen MR) is 127 cm³/mol. The SMILES string of the molecule is CC(C)(O)c1cn(-c2cccc(-c3cccc4[nH]ccc34)c2)c(-c2ccccc2C(F)(F)F)n1. The van der Waals surface area contributed by atoms with Gasteiger partial charge in [0.1, 0.15) is 11.4 Å². The highest BCUT2D eigenvalue weighted by molar-refractivity contribution is 5.95. The molecule has 2 N–H and O–H groups in total. The van der Waals surface area contributed by atoms with E-state index in [0.717, 1.165) is 28.1 Å². The molecule has 0 unspecified atom stereocenters. The van der Waals surface area contributed by atoms with Crippen LogP contribution < -0.4 is 0 Å². The van der Waals surface area contributed by atoms with Crippen LogP contribution >= 0.6 is 0 Å². The van der Waals surface area contributed by atoms with Gasteiger partial charge in [0, 0.05) is 34.5 Å². The highest BCUT2D eigenvalue weighted by Crippen LogP contribution is 2.38. The molecule has 4 nitrogen and oxygen atoms in total. The second-order valence-corrected chi connectivity index (χ2v) is 8.72. The van der Waals surface area contributed by atoms with Crippen LogP contribution in [0.1, 0.15) is 25.1 Å². The Hall–Kier alpha value is -3.84. The van der Waals surface area contributed by atoms with Crippen molar-refractivity contribution in [2.24, 2.45) is 0 Å². The van der Waals surface area contributed by atoms with Crippen molar-refractivity contribution in [1.29, 1.82) is 0 Å². The van der Waals surface area contributed by atoms with Gasteiger partial charge in [0.2, 0.25) is 0 Å². The van der Waals surface area contributed by atoms with Gasteiger partial charge in [-0.1, -0.05) is 42.5 Å². The minimum atomic E-state index is -4.55. The van der Waals surface area contributed by atoms with E-state index in [1.165, 1.54) is 12.1 Å². The van der Waals surface area contributed by atoms with E-state index in [0.29, 0.717) is 5.69 Å². The lowest BCUT2D eigenvalue weighted by Crippen LogP contribution is -2.15. The summed E-state index contributed by atoms with van der Waals surface area (Å²) in [5.74, 6) is 0.113. The zero-order chi connectivity index (χ0) is 24.1. The Morgan fingerprint density at radius 3 is 2.38 bits per heavy atom. The van der Waals surface area contributed by atoms with Crippen molar-refractivity contribution in [3.8, 4) is 28.2 Å². The molecule has 3 aromatic carbocycles. The van der Waals surface area contributed by atoms with Gasteiger partial charge in [-0.2, -0.15) is 13.2 Å². The summed E-state index contributed by atoms with van der Waals surface area (Å²) >= 11 is 0. The number of benzene rings is 3. The smallest absolute Gasteiger partial charge is 0.384 e. The number of alkyl halides is 3. The molecule has 5 aromatic rings.